The third-order valence-corrected chi connectivity index (χ3v) is 5.96. The number of aromatic nitrogens is 3. The van der Waals surface area contributed by atoms with Gasteiger partial charge in [-0.15, -0.1) is 11.3 Å². The second-order valence-electron chi connectivity index (χ2n) is 6.93. The normalized spacial score (nSPS) is 17.3. The third-order valence-electron chi connectivity index (χ3n) is 4.51. The Labute approximate surface area is 156 Å². The Bertz CT molecular complexity index is 954. The van der Waals surface area contributed by atoms with Crippen molar-refractivity contribution in [3.8, 4) is 0 Å². The van der Waals surface area contributed by atoms with Gasteiger partial charge in [-0.2, -0.15) is 0 Å². The molecule has 0 spiro atoms. The summed E-state index contributed by atoms with van der Waals surface area (Å²) in [6, 6.07) is 5.71. The largest absolute Gasteiger partial charge is 0.370 e. The van der Waals surface area contributed by atoms with Crippen LogP contribution in [0, 0.1) is 6.92 Å². The molecule has 2 N–H and O–H groups in total. The Balaban J connectivity index is 1.56. The van der Waals surface area contributed by atoms with E-state index in [1.165, 1.54) is 11.3 Å². The molecule has 1 atom stereocenters. The summed E-state index contributed by atoms with van der Waals surface area (Å²) in [5, 5.41) is 3.96. The molecule has 1 aliphatic heterocycles. The summed E-state index contributed by atoms with van der Waals surface area (Å²) in [5.41, 5.74) is 3.30. The Morgan fingerprint density at radius 3 is 2.92 bits per heavy atom. The second kappa shape index (κ2) is 6.81. The van der Waals surface area contributed by atoms with E-state index in [9.17, 15) is 4.79 Å². The predicted octanol–water partition coefficient (Wildman–Crippen LogP) is 4.56. The highest BCUT2D eigenvalue weighted by molar-refractivity contribution is 7.14. The molecule has 1 fully saturated rings. The second-order valence-corrected chi connectivity index (χ2v) is 7.96. The Morgan fingerprint density at radius 2 is 2.23 bits per heavy atom. The number of aryl methyl sites for hydroxylation is 1. The molecule has 1 amide bonds. The number of amides is 1. The van der Waals surface area contributed by atoms with Gasteiger partial charge in [-0.05, 0) is 38.0 Å². The lowest BCUT2D eigenvalue weighted by Crippen LogP contribution is -2.11. The van der Waals surface area contributed by atoms with E-state index < -0.39 is 0 Å². The van der Waals surface area contributed by atoms with Crippen LogP contribution in [-0.2, 0) is 4.74 Å². The van der Waals surface area contributed by atoms with Crippen LogP contribution in [0.3, 0.4) is 0 Å². The first-order chi connectivity index (χ1) is 12.5. The van der Waals surface area contributed by atoms with E-state index in [-0.39, 0.29) is 12.0 Å². The van der Waals surface area contributed by atoms with Crippen LogP contribution in [-0.4, -0.2) is 27.5 Å². The van der Waals surface area contributed by atoms with Gasteiger partial charge in [-0.1, -0.05) is 13.8 Å². The van der Waals surface area contributed by atoms with E-state index >= 15 is 0 Å². The molecule has 26 heavy (non-hydrogen) atoms. The van der Waals surface area contributed by atoms with Gasteiger partial charge in [-0.3, -0.25) is 4.79 Å². The minimum Gasteiger partial charge on any atom is -0.370 e. The number of hydrogen-bond donors (Lipinski definition) is 2. The number of ether oxygens (including phenoxy) is 1. The van der Waals surface area contributed by atoms with Crippen molar-refractivity contribution in [3.63, 3.8) is 0 Å². The molecule has 0 radical (unpaired) electrons. The molecule has 6 nitrogen and oxygen atoms in total. The van der Waals surface area contributed by atoms with Crippen molar-refractivity contribution in [2.24, 2.45) is 0 Å². The summed E-state index contributed by atoms with van der Waals surface area (Å²) in [5.74, 6) is 1.06. The van der Waals surface area contributed by atoms with Gasteiger partial charge in [0.05, 0.1) is 21.7 Å². The van der Waals surface area contributed by atoms with E-state index in [0.717, 1.165) is 52.7 Å². The summed E-state index contributed by atoms with van der Waals surface area (Å²) < 4.78 is 5.69. The number of nitrogens with zero attached hydrogens (tertiary/aromatic N) is 2. The van der Waals surface area contributed by atoms with Crippen molar-refractivity contribution in [2.45, 2.75) is 45.6 Å². The maximum atomic E-state index is 12.6. The van der Waals surface area contributed by atoms with Gasteiger partial charge in [0.15, 0.2) is 0 Å². The molecule has 1 saturated heterocycles. The van der Waals surface area contributed by atoms with Gasteiger partial charge >= 0.3 is 0 Å². The maximum absolute atomic E-state index is 12.6. The number of aromatic amines is 1. The summed E-state index contributed by atoms with van der Waals surface area (Å²) in [6.45, 7) is 6.83. The highest BCUT2D eigenvalue weighted by Crippen LogP contribution is 2.29. The van der Waals surface area contributed by atoms with E-state index in [4.69, 9.17) is 4.74 Å². The van der Waals surface area contributed by atoms with Crippen molar-refractivity contribution < 1.29 is 9.53 Å². The maximum Gasteiger partial charge on any atom is 0.267 e. The zero-order valence-electron chi connectivity index (χ0n) is 15.1. The van der Waals surface area contributed by atoms with Gasteiger partial charge in [0.2, 0.25) is 0 Å². The molecule has 4 rings (SSSR count). The Kier molecular flexibility index (Phi) is 4.50. The molecule has 1 aliphatic rings. The van der Waals surface area contributed by atoms with Crippen LogP contribution in [0.1, 0.15) is 64.9 Å². The van der Waals surface area contributed by atoms with E-state index in [1.54, 1.807) is 0 Å². The number of anilines is 1. The quantitative estimate of drug-likeness (QED) is 0.706. The molecule has 7 heteroatoms. The van der Waals surface area contributed by atoms with Crippen molar-refractivity contribution >= 4 is 34.0 Å². The first kappa shape index (κ1) is 17.2. The molecular weight excluding hydrogens is 348 g/mol. The average Bonchev–Trinajstić information content (AvgIpc) is 3.32. The molecular formula is C19H22N4O2S. The van der Waals surface area contributed by atoms with Gasteiger partial charge in [0.1, 0.15) is 16.8 Å². The highest BCUT2D eigenvalue weighted by atomic mass is 32.1. The molecule has 2 aromatic heterocycles. The molecule has 3 aromatic rings. The third kappa shape index (κ3) is 3.24. The number of imidazole rings is 1. The SMILES string of the molecule is Cc1nc(C(C)C)sc1C(=O)Nc1ccc2nc(C3CCCO3)[nH]c2c1. The lowest BCUT2D eigenvalue weighted by Gasteiger charge is -2.04. The van der Waals surface area contributed by atoms with Crippen LogP contribution in [0.2, 0.25) is 0 Å². The van der Waals surface area contributed by atoms with Crippen molar-refractivity contribution in [3.05, 3.63) is 39.6 Å². The first-order valence-electron chi connectivity index (χ1n) is 8.91. The number of fused-ring (bicyclic) bond motifs is 1. The van der Waals surface area contributed by atoms with Gasteiger partial charge in [-0.25, -0.2) is 9.97 Å². The van der Waals surface area contributed by atoms with Gasteiger partial charge in [0, 0.05) is 18.2 Å². The predicted molar refractivity (Wildman–Crippen MR) is 103 cm³/mol. The minimum atomic E-state index is -0.120. The van der Waals surface area contributed by atoms with Crippen LogP contribution < -0.4 is 5.32 Å². The van der Waals surface area contributed by atoms with E-state index in [1.807, 2.05) is 25.1 Å². The first-order valence-corrected chi connectivity index (χ1v) is 9.73. The summed E-state index contributed by atoms with van der Waals surface area (Å²) in [7, 11) is 0. The van der Waals surface area contributed by atoms with Crippen LogP contribution >= 0.6 is 11.3 Å². The Hall–Kier alpha value is -2.25. The number of nitrogens with one attached hydrogen (secondary N) is 2. The minimum absolute atomic E-state index is 0.0507. The topological polar surface area (TPSA) is 79.9 Å². The molecule has 0 saturated carbocycles. The van der Waals surface area contributed by atoms with Crippen molar-refractivity contribution in [1.29, 1.82) is 0 Å². The lowest BCUT2D eigenvalue weighted by molar-refractivity contribution is 0.102. The summed E-state index contributed by atoms with van der Waals surface area (Å²) in [4.78, 5) is 25.7. The summed E-state index contributed by atoms with van der Waals surface area (Å²) >= 11 is 1.46. The van der Waals surface area contributed by atoms with Crippen LogP contribution in [0.5, 0.6) is 0 Å². The molecule has 136 valence electrons. The van der Waals surface area contributed by atoms with Crippen LogP contribution in [0.15, 0.2) is 18.2 Å². The fraction of sp³-hybridized carbons (Fsp3) is 0.421. The number of rotatable bonds is 4. The van der Waals surface area contributed by atoms with Crippen LogP contribution in [0.25, 0.3) is 11.0 Å². The molecule has 1 unspecified atom stereocenters. The number of H-pyrrole nitrogens is 1. The van der Waals surface area contributed by atoms with Crippen molar-refractivity contribution in [1.82, 2.24) is 15.0 Å². The molecule has 0 aliphatic carbocycles. The molecule has 0 bridgehead atoms. The monoisotopic (exact) mass is 370 g/mol. The fourth-order valence-corrected chi connectivity index (χ4v) is 4.08. The van der Waals surface area contributed by atoms with Gasteiger partial charge < -0.3 is 15.0 Å². The van der Waals surface area contributed by atoms with Gasteiger partial charge in [0.25, 0.3) is 5.91 Å². The fourth-order valence-electron chi connectivity index (χ4n) is 3.12. The average molecular weight is 370 g/mol. The zero-order valence-corrected chi connectivity index (χ0v) is 15.9. The van der Waals surface area contributed by atoms with E-state index in [2.05, 4.69) is 34.1 Å². The smallest absolute Gasteiger partial charge is 0.267 e. The van der Waals surface area contributed by atoms with Crippen LogP contribution in [0.4, 0.5) is 5.69 Å². The highest BCUT2D eigenvalue weighted by Gasteiger charge is 2.21. The van der Waals surface area contributed by atoms with E-state index in [0.29, 0.717) is 10.8 Å². The molecule has 3 heterocycles. The number of benzene rings is 1. The molecule has 1 aromatic carbocycles. The summed E-state index contributed by atoms with van der Waals surface area (Å²) in [6.07, 6.45) is 2.11. The standard InChI is InChI=1S/C19H22N4O2S/c1-10(2)19-20-11(3)16(26-19)18(24)21-12-6-7-13-14(9-12)23-17(22-13)15-5-4-8-25-15/h6-7,9-10,15H,4-5,8H2,1-3H3,(H,21,24)(H,22,23). The number of hydrogen-bond acceptors (Lipinski definition) is 5. The Morgan fingerprint density at radius 1 is 1.38 bits per heavy atom. The lowest BCUT2D eigenvalue weighted by atomic mass is 10.2. The number of carbonyl (C=O) groups excluding carboxylic acids is 1. The number of carbonyl (C=O) groups is 1. The zero-order chi connectivity index (χ0) is 18.3. The number of thiazole rings is 1. The van der Waals surface area contributed by atoms with Crippen molar-refractivity contribution in [2.75, 3.05) is 11.9 Å².